The summed E-state index contributed by atoms with van der Waals surface area (Å²) in [4.78, 5) is 13.3. The van der Waals surface area contributed by atoms with Gasteiger partial charge in [0.05, 0.1) is 19.3 Å². The smallest absolute Gasteiger partial charge is 0.150 e. The summed E-state index contributed by atoms with van der Waals surface area (Å²) in [5.41, 5.74) is 1.88. The first-order valence-corrected chi connectivity index (χ1v) is 7.57. The fraction of sp³-hybridized carbons (Fsp3) is 0.471. The summed E-state index contributed by atoms with van der Waals surface area (Å²) in [5, 5.41) is 1.11. The average Bonchev–Trinajstić information content (AvgIpc) is 2.89. The second-order valence-electron chi connectivity index (χ2n) is 5.99. The molecule has 4 nitrogen and oxygen atoms in total. The average molecular weight is 286 g/mol. The summed E-state index contributed by atoms with van der Waals surface area (Å²) in [5.74, 6) is 0. The van der Waals surface area contributed by atoms with Crippen molar-refractivity contribution < 1.29 is 9.53 Å². The van der Waals surface area contributed by atoms with E-state index in [1.54, 1.807) is 0 Å². The first-order chi connectivity index (χ1) is 10.2. The molecule has 1 saturated heterocycles. The molecule has 1 aliphatic rings. The normalized spacial score (nSPS) is 20.2. The highest BCUT2D eigenvalue weighted by atomic mass is 16.5. The first-order valence-electron chi connectivity index (χ1n) is 7.57. The number of hydrogen-bond acceptors (Lipinski definition) is 3. The predicted molar refractivity (Wildman–Crippen MR) is 83.8 cm³/mol. The second kappa shape index (κ2) is 6.00. The summed E-state index contributed by atoms with van der Waals surface area (Å²) in [7, 11) is 0. The first kappa shape index (κ1) is 14.3. The number of fused-ring (bicyclic) bond motifs is 1. The van der Waals surface area contributed by atoms with Gasteiger partial charge in [0.2, 0.25) is 0 Å². The van der Waals surface area contributed by atoms with Crippen LogP contribution in [-0.4, -0.2) is 47.6 Å². The maximum Gasteiger partial charge on any atom is 0.150 e. The molecule has 21 heavy (non-hydrogen) atoms. The summed E-state index contributed by atoms with van der Waals surface area (Å²) in [6, 6.07) is 8.44. The van der Waals surface area contributed by atoms with Crippen LogP contribution in [0.15, 0.2) is 30.5 Å². The van der Waals surface area contributed by atoms with Crippen LogP contribution in [0.2, 0.25) is 0 Å². The Morgan fingerprint density at radius 2 is 2.24 bits per heavy atom. The van der Waals surface area contributed by atoms with Crippen LogP contribution in [-0.2, 0) is 11.3 Å². The van der Waals surface area contributed by atoms with E-state index in [1.807, 2.05) is 18.2 Å². The van der Waals surface area contributed by atoms with E-state index >= 15 is 0 Å². The molecule has 112 valence electrons. The van der Waals surface area contributed by atoms with Crippen molar-refractivity contribution in [1.29, 1.82) is 0 Å². The molecule has 0 spiro atoms. The van der Waals surface area contributed by atoms with E-state index in [9.17, 15) is 4.79 Å². The highest BCUT2D eigenvalue weighted by molar-refractivity contribution is 5.87. The number of hydrogen-bond donors (Lipinski definition) is 0. The minimum atomic E-state index is 0.225. The number of rotatable bonds is 4. The third-order valence-corrected chi connectivity index (χ3v) is 4.23. The number of benzene rings is 1. The van der Waals surface area contributed by atoms with Gasteiger partial charge in [-0.2, -0.15) is 0 Å². The predicted octanol–water partition coefficient (Wildman–Crippen LogP) is 2.56. The van der Waals surface area contributed by atoms with Gasteiger partial charge >= 0.3 is 0 Å². The lowest BCUT2D eigenvalue weighted by Crippen LogP contribution is -2.47. The SMILES string of the molecule is CC(C)N1CCOC(Cn2ccc3cc(C=O)ccc32)C1. The number of nitrogens with zero attached hydrogens (tertiary/aromatic N) is 2. The zero-order chi connectivity index (χ0) is 14.8. The van der Waals surface area contributed by atoms with E-state index in [-0.39, 0.29) is 6.10 Å². The van der Waals surface area contributed by atoms with E-state index in [0.717, 1.165) is 49.0 Å². The zero-order valence-electron chi connectivity index (χ0n) is 12.7. The fourth-order valence-corrected chi connectivity index (χ4v) is 2.99. The van der Waals surface area contributed by atoms with Gasteiger partial charge in [0, 0.05) is 41.8 Å². The van der Waals surface area contributed by atoms with Crippen molar-refractivity contribution in [3.05, 3.63) is 36.0 Å². The van der Waals surface area contributed by atoms with E-state index in [4.69, 9.17) is 4.74 Å². The van der Waals surface area contributed by atoms with Crippen molar-refractivity contribution in [3.63, 3.8) is 0 Å². The Hall–Kier alpha value is -1.65. The number of morpholine rings is 1. The molecule has 3 rings (SSSR count). The van der Waals surface area contributed by atoms with Gasteiger partial charge in [-0.05, 0) is 38.1 Å². The molecule has 0 bridgehead atoms. The Morgan fingerprint density at radius 3 is 3.00 bits per heavy atom. The summed E-state index contributed by atoms with van der Waals surface area (Å²) in [6.07, 6.45) is 3.20. The Balaban J connectivity index is 1.77. The van der Waals surface area contributed by atoms with Gasteiger partial charge in [-0.3, -0.25) is 9.69 Å². The third-order valence-electron chi connectivity index (χ3n) is 4.23. The molecule has 1 aliphatic heterocycles. The molecular weight excluding hydrogens is 264 g/mol. The minimum absolute atomic E-state index is 0.225. The number of aldehydes is 1. The lowest BCUT2D eigenvalue weighted by Gasteiger charge is -2.35. The van der Waals surface area contributed by atoms with Crippen LogP contribution in [0.4, 0.5) is 0 Å². The molecule has 0 radical (unpaired) electrons. The van der Waals surface area contributed by atoms with Gasteiger partial charge in [-0.25, -0.2) is 0 Å². The fourth-order valence-electron chi connectivity index (χ4n) is 2.99. The highest BCUT2D eigenvalue weighted by Gasteiger charge is 2.22. The van der Waals surface area contributed by atoms with Crippen molar-refractivity contribution in [2.45, 2.75) is 32.5 Å². The Bertz CT molecular complexity index is 633. The van der Waals surface area contributed by atoms with Crippen LogP contribution in [0.25, 0.3) is 10.9 Å². The van der Waals surface area contributed by atoms with Gasteiger partial charge in [-0.15, -0.1) is 0 Å². The molecule has 1 aromatic carbocycles. The molecule has 1 fully saturated rings. The molecule has 1 unspecified atom stereocenters. The third kappa shape index (κ3) is 3.01. The van der Waals surface area contributed by atoms with Gasteiger partial charge in [-0.1, -0.05) is 0 Å². The molecule has 4 heteroatoms. The number of carbonyl (C=O) groups is 1. The lowest BCUT2D eigenvalue weighted by atomic mass is 10.2. The van der Waals surface area contributed by atoms with Gasteiger partial charge in [0.25, 0.3) is 0 Å². The topological polar surface area (TPSA) is 34.5 Å². The van der Waals surface area contributed by atoms with Crippen molar-refractivity contribution in [2.24, 2.45) is 0 Å². The van der Waals surface area contributed by atoms with E-state index in [1.165, 1.54) is 0 Å². The zero-order valence-corrected chi connectivity index (χ0v) is 12.7. The van der Waals surface area contributed by atoms with Gasteiger partial charge < -0.3 is 9.30 Å². The van der Waals surface area contributed by atoms with Crippen LogP contribution in [0.1, 0.15) is 24.2 Å². The van der Waals surface area contributed by atoms with E-state index < -0.39 is 0 Å². The second-order valence-corrected chi connectivity index (χ2v) is 5.99. The van der Waals surface area contributed by atoms with Crippen LogP contribution in [0, 0.1) is 0 Å². The molecule has 0 aliphatic carbocycles. The highest BCUT2D eigenvalue weighted by Crippen LogP contribution is 2.19. The van der Waals surface area contributed by atoms with Crippen molar-refractivity contribution in [1.82, 2.24) is 9.47 Å². The van der Waals surface area contributed by atoms with Crippen LogP contribution >= 0.6 is 0 Å². The lowest BCUT2D eigenvalue weighted by molar-refractivity contribution is -0.0451. The number of aromatic nitrogens is 1. The molecule has 0 amide bonds. The van der Waals surface area contributed by atoms with E-state index in [0.29, 0.717) is 6.04 Å². The summed E-state index contributed by atoms with van der Waals surface area (Å²) in [6.45, 7) is 8.11. The van der Waals surface area contributed by atoms with Crippen molar-refractivity contribution in [3.8, 4) is 0 Å². The molecular formula is C17H22N2O2. The summed E-state index contributed by atoms with van der Waals surface area (Å²) < 4.78 is 8.13. The Kier molecular flexibility index (Phi) is 4.08. The van der Waals surface area contributed by atoms with Crippen molar-refractivity contribution in [2.75, 3.05) is 19.7 Å². The summed E-state index contributed by atoms with van der Waals surface area (Å²) >= 11 is 0. The molecule has 0 saturated carbocycles. The molecule has 0 N–H and O–H groups in total. The molecule has 1 aromatic heterocycles. The largest absolute Gasteiger partial charge is 0.374 e. The van der Waals surface area contributed by atoms with E-state index in [2.05, 4.69) is 35.6 Å². The van der Waals surface area contributed by atoms with Crippen LogP contribution in [0.3, 0.4) is 0 Å². The number of ether oxygens (including phenoxy) is 1. The molecule has 2 aromatic rings. The quantitative estimate of drug-likeness (QED) is 0.810. The van der Waals surface area contributed by atoms with Gasteiger partial charge in [0.1, 0.15) is 6.29 Å². The minimum Gasteiger partial charge on any atom is -0.374 e. The Morgan fingerprint density at radius 1 is 1.38 bits per heavy atom. The number of carbonyl (C=O) groups excluding carboxylic acids is 1. The van der Waals surface area contributed by atoms with Gasteiger partial charge in [0.15, 0.2) is 0 Å². The Labute approximate surface area is 125 Å². The maximum absolute atomic E-state index is 10.8. The van der Waals surface area contributed by atoms with Crippen LogP contribution in [0.5, 0.6) is 0 Å². The van der Waals surface area contributed by atoms with Crippen molar-refractivity contribution >= 4 is 17.2 Å². The van der Waals surface area contributed by atoms with Crippen LogP contribution < -0.4 is 0 Å². The monoisotopic (exact) mass is 286 g/mol. The maximum atomic E-state index is 10.8. The molecule has 1 atom stereocenters. The standard InChI is InChI=1S/C17H22N2O2/c1-13(2)18-7-8-21-16(10-18)11-19-6-5-15-9-14(12-20)3-4-17(15)19/h3-6,9,12-13,16H,7-8,10-11H2,1-2H3. The molecule has 2 heterocycles.